The summed E-state index contributed by atoms with van der Waals surface area (Å²) in [6.45, 7) is 1.94. The summed E-state index contributed by atoms with van der Waals surface area (Å²) in [5.74, 6) is -2.37. The average Bonchev–Trinajstić information content (AvgIpc) is 2.56. The van der Waals surface area contributed by atoms with Gasteiger partial charge in [-0.15, -0.1) is 0 Å². The lowest BCUT2D eigenvalue weighted by Gasteiger charge is -2.24. The molecule has 2 rings (SSSR count). The third kappa shape index (κ3) is 4.73. The molecule has 0 radical (unpaired) electrons. The first-order chi connectivity index (χ1) is 11.8. The molecule has 0 heterocycles. The summed E-state index contributed by atoms with van der Waals surface area (Å²) in [4.78, 5) is 13.9. The quantitative estimate of drug-likeness (QED) is 0.864. The van der Waals surface area contributed by atoms with E-state index >= 15 is 0 Å². The third-order valence-corrected chi connectivity index (χ3v) is 3.88. The van der Waals surface area contributed by atoms with Gasteiger partial charge in [-0.05, 0) is 43.8 Å². The molecule has 0 spiro atoms. The van der Waals surface area contributed by atoms with Crippen molar-refractivity contribution in [2.24, 2.45) is 0 Å². The van der Waals surface area contributed by atoms with E-state index in [1.54, 1.807) is 24.9 Å². The molecule has 25 heavy (non-hydrogen) atoms. The van der Waals surface area contributed by atoms with E-state index in [9.17, 15) is 18.0 Å². The number of nitrogens with zero attached hydrogens (tertiary/aromatic N) is 1. The van der Waals surface area contributed by atoms with Crippen LogP contribution in [0, 0.1) is 17.5 Å². The van der Waals surface area contributed by atoms with Crippen molar-refractivity contribution in [3.05, 3.63) is 59.4 Å². The highest BCUT2D eigenvalue weighted by molar-refractivity contribution is 5.94. The van der Waals surface area contributed by atoms with E-state index in [-0.39, 0.29) is 11.4 Å². The van der Waals surface area contributed by atoms with Gasteiger partial charge < -0.3 is 10.1 Å². The maximum atomic E-state index is 13.7. The summed E-state index contributed by atoms with van der Waals surface area (Å²) in [7, 11) is 3.07. The summed E-state index contributed by atoms with van der Waals surface area (Å²) >= 11 is 0. The summed E-state index contributed by atoms with van der Waals surface area (Å²) in [6.07, 6.45) is 0. The van der Waals surface area contributed by atoms with Gasteiger partial charge >= 0.3 is 0 Å². The second-order valence-corrected chi connectivity index (χ2v) is 5.67. The Morgan fingerprint density at radius 3 is 2.48 bits per heavy atom. The summed E-state index contributed by atoms with van der Waals surface area (Å²) in [6, 6.07) is 6.85. The molecule has 134 valence electrons. The molecule has 0 saturated carbocycles. The topological polar surface area (TPSA) is 41.6 Å². The van der Waals surface area contributed by atoms with Crippen LogP contribution < -0.4 is 10.1 Å². The minimum absolute atomic E-state index is 0.0952. The Labute approximate surface area is 144 Å². The standard InChI is InChI=1S/C18H19F3N2O2/c1-11(18(24)22-16-6-5-13(19)9-14(16)20)23(2)10-12-4-7-17(25-3)15(21)8-12/h4-9,11H,10H2,1-3H3,(H,22,24)/t11-/m1/s1. The highest BCUT2D eigenvalue weighted by atomic mass is 19.1. The highest BCUT2D eigenvalue weighted by Gasteiger charge is 2.20. The first-order valence-corrected chi connectivity index (χ1v) is 7.60. The second kappa shape index (κ2) is 8.02. The van der Waals surface area contributed by atoms with E-state index in [1.165, 1.54) is 19.2 Å². The number of benzene rings is 2. The van der Waals surface area contributed by atoms with Crippen LogP contribution in [0.25, 0.3) is 0 Å². The number of halogens is 3. The van der Waals surface area contributed by atoms with Crippen LogP contribution in [0.4, 0.5) is 18.9 Å². The van der Waals surface area contributed by atoms with E-state index in [1.807, 2.05) is 0 Å². The van der Waals surface area contributed by atoms with Gasteiger partial charge in [0.1, 0.15) is 11.6 Å². The molecular formula is C18H19F3N2O2. The van der Waals surface area contributed by atoms with Crippen molar-refractivity contribution >= 4 is 11.6 Å². The van der Waals surface area contributed by atoms with Gasteiger partial charge in [-0.25, -0.2) is 13.2 Å². The number of carbonyl (C=O) groups is 1. The Kier molecular flexibility index (Phi) is 6.03. The minimum atomic E-state index is -0.847. The molecule has 0 aromatic heterocycles. The fraction of sp³-hybridized carbons (Fsp3) is 0.278. The number of anilines is 1. The van der Waals surface area contributed by atoms with Gasteiger partial charge in [-0.2, -0.15) is 0 Å². The van der Waals surface area contributed by atoms with Crippen LogP contribution in [0.5, 0.6) is 5.75 Å². The first-order valence-electron chi connectivity index (χ1n) is 7.60. The molecule has 2 aromatic rings. The van der Waals surface area contributed by atoms with Crippen LogP contribution in [-0.4, -0.2) is 31.0 Å². The number of hydrogen-bond acceptors (Lipinski definition) is 3. The maximum Gasteiger partial charge on any atom is 0.241 e. The molecule has 0 fully saturated rings. The van der Waals surface area contributed by atoms with Crippen molar-refractivity contribution in [3.63, 3.8) is 0 Å². The Bertz CT molecular complexity index is 768. The molecule has 4 nitrogen and oxygen atoms in total. The zero-order chi connectivity index (χ0) is 18.6. The number of hydrogen-bond donors (Lipinski definition) is 1. The number of carbonyl (C=O) groups excluding carboxylic acids is 1. The smallest absolute Gasteiger partial charge is 0.241 e. The van der Waals surface area contributed by atoms with Crippen molar-refractivity contribution in [1.82, 2.24) is 4.90 Å². The SMILES string of the molecule is COc1ccc(CN(C)[C@H](C)C(=O)Nc2ccc(F)cc2F)cc1F. The van der Waals surface area contributed by atoms with Crippen LogP contribution >= 0.6 is 0 Å². The number of methoxy groups -OCH3 is 1. The molecule has 0 aliphatic rings. The molecule has 2 aromatic carbocycles. The van der Waals surface area contributed by atoms with E-state index in [0.717, 1.165) is 12.1 Å². The molecular weight excluding hydrogens is 333 g/mol. The predicted molar refractivity (Wildman–Crippen MR) is 88.9 cm³/mol. The van der Waals surface area contributed by atoms with E-state index in [4.69, 9.17) is 4.74 Å². The lowest BCUT2D eigenvalue weighted by Crippen LogP contribution is -2.39. The van der Waals surface area contributed by atoms with Crippen LogP contribution in [0.3, 0.4) is 0 Å². The molecule has 0 aliphatic heterocycles. The molecule has 0 aliphatic carbocycles. The number of rotatable bonds is 6. The van der Waals surface area contributed by atoms with Crippen molar-refractivity contribution < 1.29 is 22.7 Å². The molecule has 0 bridgehead atoms. The first kappa shape index (κ1) is 18.8. The Hall–Kier alpha value is -2.54. The fourth-order valence-electron chi connectivity index (χ4n) is 2.26. The second-order valence-electron chi connectivity index (χ2n) is 5.67. The maximum absolute atomic E-state index is 13.7. The number of amides is 1. The summed E-state index contributed by atoms with van der Waals surface area (Å²) in [5, 5.41) is 2.42. The minimum Gasteiger partial charge on any atom is -0.494 e. The Balaban J connectivity index is 2.02. The van der Waals surface area contributed by atoms with Crippen molar-refractivity contribution in [2.75, 3.05) is 19.5 Å². The van der Waals surface area contributed by atoms with Crippen molar-refractivity contribution in [3.8, 4) is 5.75 Å². The van der Waals surface area contributed by atoms with Gasteiger partial charge in [-0.1, -0.05) is 6.07 Å². The summed E-state index contributed by atoms with van der Waals surface area (Å²) < 4.78 is 45.1. The molecule has 1 amide bonds. The molecule has 1 N–H and O–H groups in total. The third-order valence-electron chi connectivity index (χ3n) is 3.88. The lowest BCUT2D eigenvalue weighted by atomic mass is 10.1. The zero-order valence-corrected chi connectivity index (χ0v) is 14.1. The van der Waals surface area contributed by atoms with Gasteiger partial charge in [0.2, 0.25) is 5.91 Å². The molecule has 0 unspecified atom stereocenters. The number of likely N-dealkylation sites (N-methyl/N-ethyl adjacent to an activating group) is 1. The Morgan fingerprint density at radius 2 is 1.88 bits per heavy atom. The van der Waals surface area contributed by atoms with Crippen LogP contribution in [0.15, 0.2) is 36.4 Å². The van der Waals surface area contributed by atoms with Gasteiger partial charge in [0, 0.05) is 12.6 Å². The van der Waals surface area contributed by atoms with Gasteiger partial charge in [0.15, 0.2) is 11.6 Å². The van der Waals surface area contributed by atoms with Crippen molar-refractivity contribution in [2.45, 2.75) is 19.5 Å². The average molecular weight is 352 g/mol. The van der Waals surface area contributed by atoms with Crippen LogP contribution in [0.1, 0.15) is 12.5 Å². The fourth-order valence-corrected chi connectivity index (χ4v) is 2.26. The lowest BCUT2D eigenvalue weighted by molar-refractivity contribution is -0.120. The van der Waals surface area contributed by atoms with Crippen LogP contribution in [-0.2, 0) is 11.3 Å². The largest absolute Gasteiger partial charge is 0.494 e. The van der Waals surface area contributed by atoms with Crippen LogP contribution in [0.2, 0.25) is 0 Å². The normalized spacial score (nSPS) is 12.1. The summed E-state index contributed by atoms with van der Waals surface area (Å²) in [5.41, 5.74) is 0.565. The van der Waals surface area contributed by atoms with Gasteiger partial charge in [0.25, 0.3) is 0 Å². The van der Waals surface area contributed by atoms with E-state index in [0.29, 0.717) is 18.2 Å². The highest BCUT2D eigenvalue weighted by Crippen LogP contribution is 2.19. The van der Waals surface area contributed by atoms with Gasteiger partial charge in [-0.3, -0.25) is 9.69 Å². The van der Waals surface area contributed by atoms with Crippen molar-refractivity contribution in [1.29, 1.82) is 0 Å². The number of nitrogens with one attached hydrogen (secondary N) is 1. The van der Waals surface area contributed by atoms with Gasteiger partial charge in [0.05, 0.1) is 18.8 Å². The molecule has 7 heteroatoms. The monoisotopic (exact) mass is 352 g/mol. The molecule has 1 atom stereocenters. The molecule has 0 saturated heterocycles. The van der Waals surface area contributed by atoms with E-state index < -0.39 is 29.4 Å². The Morgan fingerprint density at radius 1 is 1.16 bits per heavy atom. The predicted octanol–water partition coefficient (Wildman–Crippen LogP) is 3.57. The zero-order valence-electron chi connectivity index (χ0n) is 14.1. The van der Waals surface area contributed by atoms with E-state index in [2.05, 4.69) is 5.32 Å². The number of ether oxygens (including phenoxy) is 1.